The van der Waals surface area contributed by atoms with Crippen LogP contribution in [0.2, 0.25) is 0 Å². The minimum absolute atomic E-state index is 0.0536. The van der Waals surface area contributed by atoms with Crippen LogP contribution in [0.3, 0.4) is 0 Å². The van der Waals surface area contributed by atoms with Crippen LogP contribution in [0.5, 0.6) is 0 Å². The summed E-state index contributed by atoms with van der Waals surface area (Å²) in [5.74, 6) is -2.75. The number of hydrogen-bond donors (Lipinski definition) is 1. The highest BCUT2D eigenvalue weighted by Gasteiger charge is 2.19. The number of aliphatic hydroxyl groups excluding tert-OH is 1. The van der Waals surface area contributed by atoms with E-state index in [1.54, 1.807) is 0 Å². The normalized spacial score (nSPS) is 10.2. The molecule has 0 saturated carbocycles. The minimum atomic E-state index is -1.48. The van der Waals surface area contributed by atoms with E-state index in [-0.39, 0.29) is 18.6 Å². The van der Waals surface area contributed by atoms with E-state index in [2.05, 4.69) is 0 Å². The van der Waals surface area contributed by atoms with Gasteiger partial charge in [0.25, 0.3) is 0 Å². The fraction of sp³-hybridized carbons (Fsp3) is 0.250. The number of halogens is 2. The van der Waals surface area contributed by atoms with Crippen molar-refractivity contribution in [3.8, 4) is 0 Å². The SMILES string of the molecule is O=[N+]([O-])c1cc(CCO)cc(F)c1F. The number of nitro groups is 1. The Morgan fingerprint density at radius 3 is 2.57 bits per heavy atom. The lowest BCUT2D eigenvalue weighted by molar-refractivity contribution is -0.387. The molecule has 1 N–H and O–H groups in total. The molecule has 76 valence electrons. The summed E-state index contributed by atoms with van der Waals surface area (Å²) in [4.78, 5) is 9.27. The molecule has 0 unspecified atom stereocenters. The lowest BCUT2D eigenvalue weighted by Crippen LogP contribution is -1.99. The highest BCUT2D eigenvalue weighted by molar-refractivity contribution is 5.37. The van der Waals surface area contributed by atoms with E-state index in [1.807, 2.05) is 0 Å². The van der Waals surface area contributed by atoms with Crippen LogP contribution in [0, 0.1) is 21.7 Å². The molecule has 0 fully saturated rings. The van der Waals surface area contributed by atoms with Gasteiger partial charge in [0.2, 0.25) is 5.82 Å². The Kier molecular flexibility index (Phi) is 3.08. The second-order valence-electron chi connectivity index (χ2n) is 2.64. The highest BCUT2D eigenvalue weighted by Crippen LogP contribution is 2.21. The number of nitrogens with zero attached hydrogens (tertiary/aromatic N) is 1. The van der Waals surface area contributed by atoms with Crippen LogP contribution >= 0.6 is 0 Å². The molecule has 0 aromatic heterocycles. The van der Waals surface area contributed by atoms with Crippen molar-refractivity contribution in [3.63, 3.8) is 0 Å². The first kappa shape index (κ1) is 10.5. The number of hydrogen-bond acceptors (Lipinski definition) is 3. The standard InChI is InChI=1S/C8H7F2NO3/c9-6-3-5(1-2-12)4-7(8(6)10)11(13)14/h3-4,12H,1-2H2. The lowest BCUT2D eigenvalue weighted by atomic mass is 10.1. The molecular weight excluding hydrogens is 196 g/mol. The lowest BCUT2D eigenvalue weighted by Gasteiger charge is -2.00. The van der Waals surface area contributed by atoms with Crippen LogP contribution in [-0.4, -0.2) is 16.6 Å². The molecule has 0 heterocycles. The number of nitro benzene ring substituents is 1. The van der Waals surface area contributed by atoms with Crippen LogP contribution in [0.4, 0.5) is 14.5 Å². The van der Waals surface area contributed by atoms with Gasteiger partial charge in [0, 0.05) is 12.7 Å². The van der Waals surface area contributed by atoms with Crippen molar-refractivity contribution in [1.82, 2.24) is 0 Å². The van der Waals surface area contributed by atoms with Crippen LogP contribution in [0.1, 0.15) is 5.56 Å². The van der Waals surface area contributed by atoms with Gasteiger partial charge in [-0.3, -0.25) is 10.1 Å². The Labute approximate surface area is 77.9 Å². The van der Waals surface area contributed by atoms with Crippen molar-refractivity contribution in [2.75, 3.05) is 6.61 Å². The molecule has 6 heteroatoms. The average molecular weight is 203 g/mol. The zero-order valence-electron chi connectivity index (χ0n) is 7.04. The molecule has 1 aromatic carbocycles. The van der Waals surface area contributed by atoms with Crippen LogP contribution in [0.15, 0.2) is 12.1 Å². The molecule has 14 heavy (non-hydrogen) atoms. The average Bonchev–Trinajstić information content (AvgIpc) is 2.11. The van der Waals surface area contributed by atoms with Crippen molar-refractivity contribution in [3.05, 3.63) is 39.4 Å². The molecule has 1 rings (SSSR count). The van der Waals surface area contributed by atoms with E-state index < -0.39 is 22.2 Å². The minimum Gasteiger partial charge on any atom is -0.396 e. The summed E-state index contributed by atoms with van der Waals surface area (Å²) in [7, 11) is 0. The van der Waals surface area contributed by atoms with Crippen molar-refractivity contribution >= 4 is 5.69 Å². The van der Waals surface area contributed by atoms with Gasteiger partial charge in [0.15, 0.2) is 5.82 Å². The monoisotopic (exact) mass is 203 g/mol. The number of benzene rings is 1. The van der Waals surface area contributed by atoms with Gasteiger partial charge in [0.05, 0.1) is 4.92 Å². The summed E-state index contributed by atoms with van der Waals surface area (Å²) in [6.07, 6.45) is 0.0536. The molecule has 0 bridgehead atoms. The van der Waals surface area contributed by atoms with E-state index in [4.69, 9.17) is 5.11 Å². The van der Waals surface area contributed by atoms with Crippen molar-refractivity contribution in [2.24, 2.45) is 0 Å². The summed E-state index contributed by atoms with van der Waals surface area (Å²) in [6.45, 7) is -0.276. The van der Waals surface area contributed by atoms with Gasteiger partial charge in [-0.1, -0.05) is 0 Å². The van der Waals surface area contributed by atoms with Gasteiger partial charge in [-0.25, -0.2) is 4.39 Å². The summed E-state index contributed by atoms with van der Waals surface area (Å²) in [5.41, 5.74) is -0.716. The van der Waals surface area contributed by atoms with Gasteiger partial charge in [-0.2, -0.15) is 4.39 Å². The first-order valence-corrected chi connectivity index (χ1v) is 3.79. The maximum atomic E-state index is 12.8. The zero-order valence-corrected chi connectivity index (χ0v) is 7.04. The fourth-order valence-electron chi connectivity index (χ4n) is 1.04. The molecule has 0 radical (unpaired) electrons. The topological polar surface area (TPSA) is 63.4 Å². The van der Waals surface area contributed by atoms with Gasteiger partial charge in [-0.05, 0) is 18.1 Å². The number of rotatable bonds is 3. The Balaban J connectivity index is 3.21. The third-order valence-corrected chi connectivity index (χ3v) is 1.67. The molecule has 0 atom stereocenters. The summed E-state index contributed by atoms with van der Waals surface area (Å²) in [5, 5.41) is 18.8. The summed E-state index contributed by atoms with van der Waals surface area (Å²) >= 11 is 0. The van der Waals surface area contributed by atoms with Crippen molar-refractivity contribution < 1.29 is 18.8 Å². The van der Waals surface area contributed by atoms with Crippen LogP contribution in [-0.2, 0) is 6.42 Å². The molecule has 1 aromatic rings. The third-order valence-electron chi connectivity index (χ3n) is 1.67. The first-order chi connectivity index (χ1) is 6.56. The molecule has 0 amide bonds. The maximum Gasteiger partial charge on any atom is 0.308 e. The van der Waals surface area contributed by atoms with Crippen molar-refractivity contribution in [2.45, 2.75) is 6.42 Å². The maximum absolute atomic E-state index is 12.8. The highest BCUT2D eigenvalue weighted by atomic mass is 19.2. The summed E-state index contributed by atoms with van der Waals surface area (Å²) in [6, 6.07) is 1.74. The van der Waals surface area contributed by atoms with Gasteiger partial charge in [0.1, 0.15) is 0 Å². The second kappa shape index (κ2) is 4.10. The van der Waals surface area contributed by atoms with E-state index >= 15 is 0 Å². The Hall–Kier alpha value is -1.56. The van der Waals surface area contributed by atoms with Gasteiger partial charge in [-0.15, -0.1) is 0 Å². The predicted octanol–water partition coefficient (Wildman–Crippen LogP) is 1.41. The Bertz CT molecular complexity index is 368. The molecule has 0 aliphatic heterocycles. The second-order valence-corrected chi connectivity index (χ2v) is 2.64. The van der Waals surface area contributed by atoms with Crippen LogP contribution in [0.25, 0.3) is 0 Å². The fourth-order valence-corrected chi connectivity index (χ4v) is 1.04. The molecule has 0 saturated heterocycles. The van der Waals surface area contributed by atoms with Crippen molar-refractivity contribution in [1.29, 1.82) is 0 Å². The molecule has 0 spiro atoms. The van der Waals surface area contributed by atoms with E-state index in [1.165, 1.54) is 0 Å². The Morgan fingerprint density at radius 1 is 1.43 bits per heavy atom. The quantitative estimate of drug-likeness (QED) is 0.596. The van der Waals surface area contributed by atoms with Gasteiger partial charge < -0.3 is 5.11 Å². The third kappa shape index (κ3) is 2.02. The van der Waals surface area contributed by atoms with Gasteiger partial charge >= 0.3 is 5.69 Å². The number of aliphatic hydroxyl groups is 1. The first-order valence-electron chi connectivity index (χ1n) is 3.79. The largest absolute Gasteiger partial charge is 0.396 e. The predicted molar refractivity (Wildman–Crippen MR) is 43.8 cm³/mol. The van der Waals surface area contributed by atoms with E-state index in [9.17, 15) is 18.9 Å². The zero-order chi connectivity index (χ0) is 10.7. The molecule has 0 aliphatic rings. The summed E-state index contributed by atoms with van der Waals surface area (Å²) < 4.78 is 25.6. The smallest absolute Gasteiger partial charge is 0.308 e. The van der Waals surface area contributed by atoms with E-state index in [0.717, 1.165) is 12.1 Å². The van der Waals surface area contributed by atoms with E-state index in [0.29, 0.717) is 0 Å². The molecular formula is C8H7F2NO3. The van der Waals surface area contributed by atoms with Crippen LogP contribution < -0.4 is 0 Å². The molecule has 0 aliphatic carbocycles. The molecule has 4 nitrogen and oxygen atoms in total. The Morgan fingerprint density at radius 2 is 2.07 bits per heavy atom.